The van der Waals surface area contributed by atoms with Crippen molar-refractivity contribution < 1.29 is 13.5 Å². The van der Waals surface area contributed by atoms with E-state index in [4.69, 9.17) is 0 Å². The Morgan fingerprint density at radius 1 is 1.33 bits per heavy atom. The Balaban J connectivity index is 2.22. The number of nitrogens with zero attached hydrogens (tertiary/aromatic N) is 1. The molecule has 6 nitrogen and oxygen atoms in total. The molecule has 0 saturated heterocycles. The van der Waals surface area contributed by atoms with Crippen molar-refractivity contribution >= 4 is 10.0 Å². The Bertz CT molecular complexity index is 504. The lowest BCUT2D eigenvalue weighted by atomic mass is 9.93. The van der Waals surface area contributed by atoms with Crippen molar-refractivity contribution in [1.82, 2.24) is 14.9 Å². The molecule has 0 radical (unpaired) electrons. The molecular formula is C11H19N3O3S. The maximum atomic E-state index is 12.3. The van der Waals surface area contributed by atoms with Crippen molar-refractivity contribution in [2.24, 2.45) is 0 Å². The molecule has 18 heavy (non-hydrogen) atoms. The molecule has 1 aliphatic carbocycles. The minimum absolute atomic E-state index is 0.195. The lowest BCUT2D eigenvalue weighted by Crippen LogP contribution is -2.45. The molecule has 1 aromatic heterocycles. The molecule has 0 unspecified atom stereocenters. The summed E-state index contributed by atoms with van der Waals surface area (Å²) in [5.74, 6) is 0. The molecule has 1 aromatic rings. The van der Waals surface area contributed by atoms with Gasteiger partial charge in [-0.1, -0.05) is 12.8 Å². The first-order chi connectivity index (χ1) is 8.42. The number of aliphatic hydroxyl groups excluding tert-OH is 1. The predicted molar refractivity (Wildman–Crippen MR) is 66.6 cm³/mol. The molecule has 3 N–H and O–H groups in total. The molecule has 2 atom stereocenters. The summed E-state index contributed by atoms with van der Waals surface area (Å²) < 4.78 is 27.1. The minimum Gasteiger partial charge on any atom is -0.391 e. The van der Waals surface area contributed by atoms with Crippen LogP contribution in [0.15, 0.2) is 4.90 Å². The molecule has 1 fully saturated rings. The van der Waals surface area contributed by atoms with E-state index in [0.717, 1.165) is 12.8 Å². The number of aromatic amines is 1. The van der Waals surface area contributed by atoms with Crippen molar-refractivity contribution in [2.75, 3.05) is 0 Å². The van der Waals surface area contributed by atoms with Crippen LogP contribution in [-0.4, -0.2) is 35.9 Å². The van der Waals surface area contributed by atoms with E-state index < -0.39 is 22.2 Å². The Hall–Kier alpha value is -0.920. The number of rotatable bonds is 3. The third-order valence-corrected chi connectivity index (χ3v) is 5.12. The quantitative estimate of drug-likeness (QED) is 0.752. The highest BCUT2D eigenvalue weighted by molar-refractivity contribution is 7.89. The molecule has 0 aromatic carbocycles. The largest absolute Gasteiger partial charge is 0.391 e. The number of hydrogen-bond donors (Lipinski definition) is 3. The maximum absolute atomic E-state index is 12.3. The van der Waals surface area contributed by atoms with Crippen LogP contribution in [0.1, 0.15) is 37.1 Å². The standard InChI is InChI=1S/C11H19N3O3S/c1-7-11(8(2)13-12-7)18(16,17)14-9-5-3-4-6-10(9)15/h9-10,14-15H,3-6H2,1-2H3,(H,12,13)/t9-,10-/m1/s1. The number of aliphatic hydroxyl groups is 1. The summed E-state index contributed by atoms with van der Waals surface area (Å²) in [4.78, 5) is 0.195. The van der Waals surface area contributed by atoms with Crippen LogP contribution >= 0.6 is 0 Å². The molecule has 0 spiro atoms. The maximum Gasteiger partial charge on any atom is 0.244 e. The average molecular weight is 273 g/mol. The van der Waals surface area contributed by atoms with E-state index in [2.05, 4.69) is 14.9 Å². The summed E-state index contributed by atoms with van der Waals surface area (Å²) in [5.41, 5.74) is 0.968. The number of sulfonamides is 1. The fourth-order valence-electron chi connectivity index (χ4n) is 2.44. The van der Waals surface area contributed by atoms with Gasteiger partial charge in [-0.3, -0.25) is 5.10 Å². The first-order valence-corrected chi connectivity index (χ1v) is 7.62. The molecule has 1 heterocycles. The van der Waals surface area contributed by atoms with E-state index in [1.807, 2.05) is 0 Å². The fraction of sp³-hybridized carbons (Fsp3) is 0.727. The van der Waals surface area contributed by atoms with Crippen LogP contribution in [0.3, 0.4) is 0 Å². The number of aromatic nitrogens is 2. The molecule has 0 amide bonds. The zero-order valence-corrected chi connectivity index (χ0v) is 11.4. The second-order valence-corrected chi connectivity index (χ2v) is 6.49. The van der Waals surface area contributed by atoms with E-state index in [1.165, 1.54) is 0 Å². The first kappa shape index (κ1) is 13.5. The summed E-state index contributed by atoms with van der Waals surface area (Å²) in [5, 5.41) is 16.4. The van der Waals surface area contributed by atoms with Crippen LogP contribution in [0.25, 0.3) is 0 Å². The van der Waals surface area contributed by atoms with Crippen LogP contribution < -0.4 is 4.72 Å². The normalized spacial score (nSPS) is 25.3. The van der Waals surface area contributed by atoms with Gasteiger partial charge in [-0.05, 0) is 26.7 Å². The van der Waals surface area contributed by atoms with Crippen molar-refractivity contribution in [1.29, 1.82) is 0 Å². The predicted octanol–water partition coefficient (Wildman–Crippen LogP) is 0.608. The minimum atomic E-state index is -3.61. The third-order valence-electron chi connectivity index (χ3n) is 3.37. The second-order valence-electron chi connectivity index (χ2n) is 4.84. The molecule has 1 aliphatic rings. The van der Waals surface area contributed by atoms with Crippen LogP contribution in [0.5, 0.6) is 0 Å². The smallest absolute Gasteiger partial charge is 0.244 e. The van der Waals surface area contributed by atoms with E-state index >= 15 is 0 Å². The summed E-state index contributed by atoms with van der Waals surface area (Å²) in [6.07, 6.45) is 2.62. The van der Waals surface area contributed by atoms with Gasteiger partial charge in [0.1, 0.15) is 4.90 Å². The molecule has 1 saturated carbocycles. The summed E-state index contributed by atoms with van der Waals surface area (Å²) in [7, 11) is -3.61. The van der Waals surface area contributed by atoms with Gasteiger partial charge >= 0.3 is 0 Å². The highest BCUT2D eigenvalue weighted by Gasteiger charge is 2.30. The van der Waals surface area contributed by atoms with Crippen molar-refractivity contribution in [2.45, 2.75) is 56.6 Å². The Labute approximate surface area is 107 Å². The summed E-state index contributed by atoms with van der Waals surface area (Å²) in [6.45, 7) is 3.32. The van der Waals surface area contributed by atoms with E-state index in [9.17, 15) is 13.5 Å². The zero-order chi connectivity index (χ0) is 13.3. The molecule has 7 heteroatoms. The summed E-state index contributed by atoms with van der Waals surface area (Å²) >= 11 is 0. The fourth-order valence-corrected chi connectivity index (χ4v) is 4.12. The number of hydrogen-bond acceptors (Lipinski definition) is 4. The number of H-pyrrole nitrogens is 1. The summed E-state index contributed by atoms with van der Waals surface area (Å²) in [6, 6.07) is -0.391. The Morgan fingerprint density at radius 3 is 2.56 bits per heavy atom. The molecule has 102 valence electrons. The van der Waals surface area contributed by atoms with Crippen LogP contribution in [0.4, 0.5) is 0 Å². The van der Waals surface area contributed by atoms with Crippen LogP contribution in [-0.2, 0) is 10.0 Å². The molecule has 0 bridgehead atoms. The van der Waals surface area contributed by atoms with Crippen LogP contribution in [0.2, 0.25) is 0 Å². The third kappa shape index (κ3) is 2.57. The lowest BCUT2D eigenvalue weighted by molar-refractivity contribution is 0.101. The van der Waals surface area contributed by atoms with Crippen LogP contribution in [0, 0.1) is 13.8 Å². The van der Waals surface area contributed by atoms with Gasteiger partial charge in [-0.15, -0.1) is 0 Å². The van der Waals surface area contributed by atoms with Gasteiger partial charge in [0.15, 0.2) is 0 Å². The topological polar surface area (TPSA) is 95.1 Å². The van der Waals surface area contributed by atoms with Gasteiger partial charge in [-0.25, -0.2) is 13.1 Å². The Kier molecular flexibility index (Phi) is 3.74. The van der Waals surface area contributed by atoms with Gasteiger partial charge in [0.05, 0.1) is 17.5 Å². The SMILES string of the molecule is Cc1n[nH]c(C)c1S(=O)(=O)N[C@@H]1CCCC[C@H]1O. The van der Waals surface area contributed by atoms with Gasteiger partial charge in [0, 0.05) is 6.04 Å². The average Bonchev–Trinajstić information content (AvgIpc) is 2.62. The van der Waals surface area contributed by atoms with Gasteiger partial charge < -0.3 is 5.11 Å². The lowest BCUT2D eigenvalue weighted by Gasteiger charge is -2.28. The van der Waals surface area contributed by atoms with Gasteiger partial charge in [0.2, 0.25) is 10.0 Å². The van der Waals surface area contributed by atoms with E-state index in [1.54, 1.807) is 13.8 Å². The van der Waals surface area contributed by atoms with E-state index in [0.29, 0.717) is 24.2 Å². The van der Waals surface area contributed by atoms with E-state index in [-0.39, 0.29) is 4.90 Å². The van der Waals surface area contributed by atoms with Crippen molar-refractivity contribution in [3.8, 4) is 0 Å². The van der Waals surface area contributed by atoms with Crippen molar-refractivity contribution in [3.63, 3.8) is 0 Å². The highest BCUT2D eigenvalue weighted by atomic mass is 32.2. The number of aryl methyl sites for hydroxylation is 2. The molecule has 0 aliphatic heterocycles. The zero-order valence-electron chi connectivity index (χ0n) is 10.6. The highest BCUT2D eigenvalue weighted by Crippen LogP contribution is 2.22. The van der Waals surface area contributed by atoms with Crippen molar-refractivity contribution in [3.05, 3.63) is 11.4 Å². The monoisotopic (exact) mass is 273 g/mol. The first-order valence-electron chi connectivity index (χ1n) is 6.14. The van der Waals surface area contributed by atoms with Gasteiger partial charge in [0.25, 0.3) is 0 Å². The molecule has 2 rings (SSSR count). The Morgan fingerprint density at radius 2 is 2.00 bits per heavy atom. The van der Waals surface area contributed by atoms with Gasteiger partial charge in [-0.2, -0.15) is 5.10 Å². The second kappa shape index (κ2) is 4.99. The number of nitrogens with one attached hydrogen (secondary N) is 2. The molecular weight excluding hydrogens is 254 g/mol.